The Morgan fingerprint density at radius 2 is 1.79 bits per heavy atom. The van der Waals surface area contributed by atoms with Crippen LogP contribution in [0.1, 0.15) is 26.2 Å². The first-order valence-electron chi connectivity index (χ1n) is 6.00. The van der Waals surface area contributed by atoms with E-state index in [2.05, 4.69) is 0 Å². The Morgan fingerprint density at radius 3 is 2.21 bits per heavy atom. The molecule has 0 bridgehead atoms. The quantitative estimate of drug-likeness (QED) is 0.789. The number of carbonyl (C=O) groups is 2. The maximum atomic E-state index is 12.7. The Bertz CT molecular complexity index is 354. The van der Waals surface area contributed by atoms with Crippen molar-refractivity contribution in [3.63, 3.8) is 0 Å². The van der Waals surface area contributed by atoms with Crippen molar-refractivity contribution in [1.82, 2.24) is 10.2 Å². The van der Waals surface area contributed by atoms with Gasteiger partial charge < -0.3 is 15.3 Å². The highest BCUT2D eigenvalue weighted by molar-refractivity contribution is 5.87. The van der Waals surface area contributed by atoms with Crippen molar-refractivity contribution in [2.24, 2.45) is 0 Å². The van der Waals surface area contributed by atoms with Crippen LogP contribution in [0.2, 0.25) is 0 Å². The first kappa shape index (κ1) is 15.7. The number of rotatable bonds is 5. The lowest BCUT2D eigenvalue weighted by Gasteiger charge is -2.28. The van der Waals surface area contributed by atoms with Crippen molar-refractivity contribution in [1.29, 1.82) is 0 Å². The average molecular weight is 282 g/mol. The average Bonchev–Trinajstić information content (AvgIpc) is 2.77. The molecule has 0 aromatic heterocycles. The predicted octanol–water partition coefficient (Wildman–Crippen LogP) is 0.994. The minimum absolute atomic E-state index is 0.140. The Hall–Kier alpha value is -1.31. The summed E-state index contributed by atoms with van der Waals surface area (Å²) in [6.07, 6.45) is -3.16. The van der Waals surface area contributed by atoms with E-state index >= 15 is 0 Å². The van der Waals surface area contributed by atoms with Crippen LogP contribution in [0.25, 0.3) is 0 Å². The number of carbonyl (C=O) groups excluding carboxylic acids is 1. The predicted molar refractivity (Wildman–Crippen MR) is 60.5 cm³/mol. The summed E-state index contributed by atoms with van der Waals surface area (Å²) in [6, 6.07) is 0. The highest BCUT2D eigenvalue weighted by Crippen LogP contribution is 2.30. The van der Waals surface area contributed by atoms with Gasteiger partial charge in [0.05, 0.1) is 0 Å². The second-order valence-corrected chi connectivity index (χ2v) is 4.77. The number of nitrogens with one attached hydrogen (secondary N) is 1. The van der Waals surface area contributed by atoms with Crippen LogP contribution in [0.15, 0.2) is 0 Å². The molecule has 1 fully saturated rings. The molecule has 1 atom stereocenters. The van der Waals surface area contributed by atoms with E-state index in [9.17, 15) is 22.8 Å². The van der Waals surface area contributed by atoms with E-state index in [-0.39, 0.29) is 6.42 Å². The lowest BCUT2D eigenvalue weighted by atomic mass is 10.0. The largest absolute Gasteiger partial charge is 0.479 e. The number of nitrogens with zero attached hydrogens (tertiary/aromatic N) is 1. The van der Waals surface area contributed by atoms with Crippen LogP contribution in [-0.2, 0) is 9.59 Å². The summed E-state index contributed by atoms with van der Waals surface area (Å²) in [4.78, 5) is 24.1. The zero-order valence-electron chi connectivity index (χ0n) is 10.6. The van der Waals surface area contributed by atoms with Crippen LogP contribution in [0.5, 0.6) is 0 Å². The highest BCUT2D eigenvalue weighted by Gasteiger charge is 2.58. The number of likely N-dealkylation sites (tertiary alicyclic amines) is 1. The molecule has 0 aromatic carbocycles. The number of aliphatic carboxylic acids is 1. The first-order chi connectivity index (χ1) is 8.67. The number of halogens is 3. The first-order valence-corrected chi connectivity index (χ1v) is 6.00. The smallest absolute Gasteiger partial charge is 0.422 e. The van der Waals surface area contributed by atoms with E-state index < -0.39 is 23.6 Å². The molecule has 1 rings (SSSR count). The molecule has 5 nitrogen and oxygen atoms in total. The molecule has 1 unspecified atom stereocenters. The Kier molecular flexibility index (Phi) is 4.78. The SMILES string of the molecule is CC(NC(=O)CCN1CCCC1)(C(=O)O)C(F)(F)F. The standard InChI is InChI=1S/C11H17F3N2O3/c1-10(9(18)19,11(12,13)14)15-8(17)4-7-16-5-2-3-6-16/h2-7H2,1H3,(H,15,17)(H,18,19). The zero-order chi connectivity index (χ0) is 14.7. The fourth-order valence-electron chi connectivity index (χ4n) is 1.85. The van der Waals surface area contributed by atoms with Gasteiger partial charge in [-0.05, 0) is 32.9 Å². The molecule has 1 saturated heterocycles. The summed E-state index contributed by atoms with van der Waals surface area (Å²) in [5.41, 5.74) is -3.24. The molecular formula is C11H17F3N2O3. The summed E-state index contributed by atoms with van der Waals surface area (Å²) in [5.74, 6) is -3.02. The summed E-state index contributed by atoms with van der Waals surface area (Å²) in [5, 5.41) is 10.2. The van der Waals surface area contributed by atoms with Gasteiger partial charge in [0.1, 0.15) is 0 Å². The van der Waals surface area contributed by atoms with Gasteiger partial charge in [0.25, 0.3) is 0 Å². The van der Waals surface area contributed by atoms with Crippen LogP contribution in [0, 0.1) is 0 Å². The maximum Gasteiger partial charge on any atom is 0.422 e. The Morgan fingerprint density at radius 1 is 1.26 bits per heavy atom. The van der Waals surface area contributed by atoms with E-state index in [0.717, 1.165) is 25.9 Å². The van der Waals surface area contributed by atoms with Gasteiger partial charge >= 0.3 is 12.1 Å². The van der Waals surface area contributed by atoms with Crippen LogP contribution < -0.4 is 5.32 Å². The molecule has 0 radical (unpaired) electrons. The van der Waals surface area contributed by atoms with Gasteiger partial charge in [-0.2, -0.15) is 13.2 Å². The van der Waals surface area contributed by atoms with Crippen LogP contribution >= 0.6 is 0 Å². The van der Waals surface area contributed by atoms with Crippen molar-refractivity contribution in [2.75, 3.05) is 19.6 Å². The van der Waals surface area contributed by atoms with Gasteiger partial charge in [-0.3, -0.25) is 4.79 Å². The maximum absolute atomic E-state index is 12.7. The lowest BCUT2D eigenvalue weighted by molar-refractivity contribution is -0.207. The third-order valence-electron chi connectivity index (χ3n) is 3.24. The van der Waals surface area contributed by atoms with E-state index in [1.165, 1.54) is 0 Å². The third-order valence-corrected chi connectivity index (χ3v) is 3.24. The van der Waals surface area contributed by atoms with Gasteiger partial charge in [-0.25, -0.2) is 4.79 Å². The second-order valence-electron chi connectivity index (χ2n) is 4.77. The van der Waals surface area contributed by atoms with Crippen molar-refractivity contribution < 1.29 is 27.9 Å². The van der Waals surface area contributed by atoms with Crippen molar-refractivity contribution >= 4 is 11.9 Å². The lowest BCUT2D eigenvalue weighted by Crippen LogP contribution is -2.62. The number of hydrogen-bond acceptors (Lipinski definition) is 3. The molecule has 2 N–H and O–H groups in total. The summed E-state index contributed by atoms with van der Waals surface area (Å²) in [6.45, 7) is 2.44. The molecule has 19 heavy (non-hydrogen) atoms. The van der Waals surface area contributed by atoms with E-state index in [1.807, 2.05) is 4.90 Å². The molecular weight excluding hydrogens is 265 g/mol. The van der Waals surface area contributed by atoms with Crippen LogP contribution in [-0.4, -0.2) is 53.2 Å². The molecule has 0 aliphatic carbocycles. The topological polar surface area (TPSA) is 69.6 Å². The molecule has 1 aliphatic heterocycles. The molecule has 110 valence electrons. The summed E-state index contributed by atoms with van der Waals surface area (Å²) >= 11 is 0. The Balaban J connectivity index is 2.54. The van der Waals surface area contributed by atoms with Crippen LogP contribution in [0.4, 0.5) is 13.2 Å². The third kappa shape index (κ3) is 3.82. The van der Waals surface area contributed by atoms with E-state index in [0.29, 0.717) is 13.5 Å². The molecule has 0 spiro atoms. The minimum Gasteiger partial charge on any atom is -0.479 e. The van der Waals surface area contributed by atoms with Gasteiger partial charge in [0.2, 0.25) is 11.4 Å². The minimum atomic E-state index is -5.04. The highest BCUT2D eigenvalue weighted by atomic mass is 19.4. The van der Waals surface area contributed by atoms with Gasteiger partial charge in [0.15, 0.2) is 0 Å². The van der Waals surface area contributed by atoms with E-state index in [4.69, 9.17) is 5.11 Å². The monoisotopic (exact) mass is 282 g/mol. The van der Waals surface area contributed by atoms with Gasteiger partial charge in [-0.1, -0.05) is 0 Å². The number of carboxylic acids is 1. The fourth-order valence-corrected chi connectivity index (χ4v) is 1.85. The molecule has 0 aromatic rings. The molecule has 8 heteroatoms. The number of amides is 1. The van der Waals surface area contributed by atoms with Crippen molar-refractivity contribution in [2.45, 2.75) is 37.9 Å². The normalized spacial score (nSPS) is 20.0. The van der Waals surface area contributed by atoms with Gasteiger partial charge in [0, 0.05) is 13.0 Å². The van der Waals surface area contributed by atoms with Crippen LogP contribution in [0.3, 0.4) is 0 Å². The number of alkyl halides is 3. The molecule has 0 saturated carbocycles. The summed E-state index contributed by atoms with van der Waals surface area (Å²) in [7, 11) is 0. The second kappa shape index (κ2) is 5.77. The molecule has 1 amide bonds. The summed E-state index contributed by atoms with van der Waals surface area (Å²) < 4.78 is 38.0. The fraction of sp³-hybridized carbons (Fsp3) is 0.818. The molecule has 1 aliphatic rings. The van der Waals surface area contributed by atoms with Crippen molar-refractivity contribution in [3.8, 4) is 0 Å². The van der Waals surface area contributed by atoms with E-state index in [1.54, 1.807) is 5.32 Å². The number of carboxylic acid groups (broad SMARTS) is 1. The van der Waals surface area contributed by atoms with Crippen molar-refractivity contribution in [3.05, 3.63) is 0 Å². The number of hydrogen-bond donors (Lipinski definition) is 2. The Labute approximate surface area is 108 Å². The molecule has 1 heterocycles. The zero-order valence-corrected chi connectivity index (χ0v) is 10.6. The van der Waals surface area contributed by atoms with Gasteiger partial charge in [-0.15, -0.1) is 0 Å².